The third-order valence-electron chi connectivity index (χ3n) is 5.58. The van der Waals surface area contributed by atoms with Crippen molar-refractivity contribution in [1.82, 2.24) is 14.5 Å². The van der Waals surface area contributed by atoms with E-state index >= 15 is 0 Å². The molecule has 1 aliphatic rings. The summed E-state index contributed by atoms with van der Waals surface area (Å²) < 4.78 is 40.2. The van der Waals surface area contributed by atoms with Crippen molar-refractivity contribution < 1.29 is 17.6 Å². The maximum Gasteiger partial charge on any atom is 0.243 e. The number of likely N-dealkylation sites (N-methyl/N-ethyl adjacent to an activating group) is 1. The topological polar surface area (TPSA) is 69.7 Å². The second-order valence-corrected chi connectivity index (χ2v) is 9.44. The van der Waals surface area contributed by atoms with Crippen molar-refractivity contribution in [3.05, 3.63) is 65.5 Å². The number of amides is 1. The van der Waals surface area contributed by atoms with Crippen molar-refractivity contribution in [2.75, 3.05) is 33.7 Å². The molecular weight excluding hydrogens is 405 g/mol. The molecule has 1 N–H and O–H groups in total. The average molecular weight is 434 g/mol. The molecule has 1 fully saturated rings. The van der Waals surface area contributed by atoms with Gasteiger partial charge < -0.3 is 9.80 Å². The third kappa shape index (κ3) is 5.24. The summed E-state index contributed by atoms with van der Waals surface area (Å²) in [6.07, 6.45) is 2.32. The molecule has 1 unspecified atom stereocenters. The van der Waals surface area contributed by atoms with Gasteiger partial charge in [0.2, 0.25) is 15.9 Å². The van der Waals surface area contributed by atoms with Gasteiger partial charge in [-0.05, 0) is 56.2 Å². The Hall–Kier alpha value is -2.29. The Morgan fingerprint density at radius 1 is 1.17 bits per heavy atom. The van der Waals surface area contributed by atoms with Crippen molar-refractivity contribution in [3.63, 3.8) is 0 Å². The summed E-state index contributed by atoms with van der Waals surface area (Å²) in [4.78, 5) is 16.7. The Morgan fingerprint density at radius 2 is 1.83 bits per heavy atom. The molecule has 30 heavy (non-hydrogen) atoms. The molecule has 2 aromatic rings. The second-order valence-electron chi connectivity index (χ2n) is 7.59. The van der Waals surface area contributed by atoms with Crippen molar-refractivity contribution in [1.29, 1.82) is 0 Å². The lowest BCUT2D eigenvalue weighted by Crippen LogP contribution is -2.39. The highest BCUT2D eigenvalue weighted by Crippen LogP contribution is 2.24. The van der Waals surface area contributed by atoms with E-state index in [1.165, 1.54) is 19.2 Å². The molecule has 1 heterocycles. The Balaban J connectivity index is 1.81. The van der Waals surface area contributed by atoms with Crippen LogP contribution in [-0.4, -0.2) is 57.9 Å². The molecule has 1 amide bonds. The number of rotatable bonds is 8. The van der Waals surface area contributed by atoms with Crippen LogP contribution in [0.3, 0.4) is 0 Å². The van der Waals surface area contributed by atoms with Gasteiger partial charge in [-0.3, -0.25) is 4.79 Å². The van der Waals surface area contributed by atoms with Crippen molar-refractivity contribution in [2.24, 2.45) is 0 Å². The maximum absolute atomic E-state index is 14.0. The number of benzene rings is 2. The van der Waals surface area contributed by atoms with Gasteiger partial charge in [0.15, 0.2) is 0 Å². The first-order valence-corrected chi connectivity index (χ1v) is 11.5. The molecule has 0 spiro atoms. The van der Waals surface area contributed by atoms with E-state index in [4.69, 9.17) is 0 Å². The lowest BCUT2D eigenvalue weighted by Gasteiger charge is -2.32. The molecule has 1 saturated heterocycles. The maximum atomic E-state index is 14.0. The van der Waals surface area contributed by atoms with Crippen LogP contribution in [0.2, 0.25) is 0 Å². The first kappa shape index (κ1) is 22.4. The number of sulfonamides is 1. The number of nitrogens with one attached hydrogen (secondary N) is 1. The molecular formula is C22H28FN3O3S. The summed E-state index contributed by atoms with van der Waals surface area (Å²) in [6.45, 7) is 2.79. The molecule has 0 radical (unpaired) electrons. The van der Waals surface area contributed by atoms with Crippen LogP contribution in [0.25, 0.3) is 0 Å². The molecule has 0 aliphatic carbocycles. The van der Waals surface area contributed by atoms with E-state index in [-0.39, 0.29) is 18.4 Å². The van der Waals surface area contributed by atoms with Gasteiger partial charge in [-0.25, -0.2) is 17.5 Å². The predicted octanol–water partition coefficient (Wildman–Crippen LogP) is 2.57. The van der Waals surface area contributed by atoms with Crippen LogP contribution in [0.5, 0.6) is 0 Å². The normalized spacial score (nSPS) is 15.8. The molecule has 0 bridgehead atoms. The summed E-state index contributed by atoms with van der Waals surface area (Å²) in [5, 5.41) is 0. The largest absolute Gasteiger partial charge is 0.337 e. The predicted molar refractivity (Wildman–Crippen MR) is 114 cm³/mol. The standard InChI is InChI=1S/C22H28FN3O3S/c1-24-30(28,29)21-14-17(10-11-19(21)23)15-22(27)25(2)20(16-26-12-6-7-13-26)18-8-4-3-5-9-18/h3-5,8-11,14,20,24H,6-7,12-13,15-16H2,1-2H3. The van der Waals surface area contributed by atoms with E-state index in [1.807, 2.05) is 30.3 Å². The molecule has 2 aromatic carbocycles. The van der Waals surface area contributed by atoms with E-state index in [0.717, 1.165) is 44.1 Å². The number of carbonyl (C=O) groups excluding carboxylic acids is 1. The van der Waals surface area contributed by atoms with E-state index in [9.17, 15) is 17.6 Å². The zero-order chi connectivity index (χ0) is 21.7. The zero-order valence-electron chi connectivity index (χ0n) is 17.3. The minimum absolute atomic E-state index is 0.00759. The van der Waals surface area contributed by atoms with Crippen molar-refractivity contribution in [3.8, 4) is 0 Å². The van der Waals surface area contributed by atoms with Crippen LogP contribution in [0, 0.1) is 5.82 Å². The van der Waals surface area contributed by atoms with Gasteiger partial charge in [0.1, 0.15) is 10.7 Å². The van der Waals surface area contributed by atoms with Crippen molar-refractivity contribution >= 4 is 15.9 Å². The van der Waals surface area contributed by atoms with Crippen LogP contribution in [-0.2, 0) is 21.2 Å². The fraction of sp³-hybridized carbons (Fsp3) is 0.409. The minimum atomic E-state index is -3.94. The number of nitrogens with zero attached hydrogens (tertiary/aromatic N) is 2. The second kappa shape index (κ2) is 9.68. The van der Waals surface area contributed by atoms with Gasteiger partial charge in [0.25, 0.3) is 0 Å². The number of carbonyl (C=O) groups is 1. The molecule has 0 aromatic heterocycles. The minimum Gasteiger partial charge on any atom is -0.337 e. The molecule has 1 atom stereocenters. The van der Waals surface area contributed by atoms with E-state index in [0.29, 0.717) is 5.56 Å². The lowest BCUT2D eigenvalue weighted by molar-refractivity contribution is -0.131. The highest BCUT2D eigenvalue weighted by molar-refractivity contribution is 7.89. The summed E-state index contributed by atoms with van der Waals surface area (Å²) in [6, 6.07) is 13.5. The van der Waals surface area contributed by atoms with Gasteiger partial charge in [-0.15, -0.1) is 0 Å². The third-order valence-corrected chi connectivity index (χ3v) is 7.01. The van der Waals surface area contributed by atoms with Gasteiger partial charge in [-0.1, -0.05) is 36.4 Å². The van der Waals surface area contributed by atoms with Crippen LogP contribution in [0.15, 0.2) is 53.4 Å². The van der Waals surface area contributed by atoms with E-state index in [2.05, 4.69) is 9.62 Å². The van der Waals surface area contributed by atoms with Crippen molar-refractivity contribution in [2.45, 2.75) is 30.2 Å². The quantitative estimate of drug-likeness (QED) is 0.695. The summed E-state index contributed by atoms with van der Waals surface area (Å²) >= 11 is 0. The molecule has 8 heteroatoms. The Labute approximate surface area is 177 Å². The molecule has 162 valence electrons. The Bertz CT molecular complexity index is 976. The highest BCUT2D eigenvalue weighted by Gasteiger charge is 2.26. The van der Waals surface area contributed by atoms with Gasteiger partial charge >= 0.3 is 0 Å². The smallest absolute Gasteiger partial charge is 0.243 e. The Morgan fingerprint density at radius 3 is 2.47 bits per heavy atom. The SMILES string of the molecule is CNS(=O)(=O)c1cc(CC(=O)N(C)C(CN2CCCC2)c2ccccc2)ccc1F. The highest BCUT2D eigenvalue weighted by atomic mass is 32.2. The van der Waals surface area contributed by atoms with Crippen LogP contribution in [0.1, 0.15) is 30.0 Å². The van der Waals surface area contributed by atoms with Gasteiger partial charge in [-0.2, -0.15) is 0 Å². The van der Waals surface area contributed by atoms with Gasteiger partial charge in [0, 0.05) is 13.6 Å². The number of hydrogen-bond acceptors (Lipinski definition) is 4. The molecule has 6 nitrogen and oxygen atoms in total. The number of halogens is 1. The van der Waals surface area contributed by atoms with E-state index < -0.39 is 20.7 Å². The monoisotopic (exact) mass is 433 g/mol. The Kier molecular flexibility index (Phi) is 7.23. The number of hydrogen-bond donors (Lipinski definition) is 1. The summed E-state index contributed by atoms with van der Waals surface area (Å²) in [5.74, 6) is -0.993. The van der Waals surface area contributed by atoms with Gasteiger partial charge in [0.05, 0.1) is 12.5 Å². The van der Waals surface area contributed by atoms with Crippen LogP contribution < -0.4 is 4.72 Å². The summed E-state index contributed by atoms with van der Waals surface area (Å²) in [5.41, 5.74) is 1.51. The van der Waals surface area contributed by atoms with Crippen LogP contribution in [0.4, 0.5) is 4.39 Å². The zero-order valence-corrected chi connectivity index (χ0v) is 18.2. The molecule has 1 aliphatic heterocycles. The fourth-order valence-corrected chi connectivity index (χ4v) is 4.63. The molecule has 0 saturated carbocycles. The molecule has 3 rings (SSSR count). The lowest BCUT2D eigenvalue weighted by atomic mass is 10.0. The first-order chi connectivity index (χ1) is 14.3. The van der Waals surface area contributed by atoms with Crippen LogP contribution >= 0.6 is 0 Å². The average Bonchev–Trinajstić information content (AvgIpc) is 3.26. The summed E-state index contributed by atoms with van der Waals surface area (Å²) in [7, 11) is -0.945. The first-order valence-electron chi connectivity index (χ1n) is 10.1. The fourth-order valence-electron chi connectivity index (χ4n) is 3.78. The van der Waals surface area contributed by atoms with E-state index in [1.54, 1.807) is 11.9 Å². The number of likely N-dealkylation sites (tertiary alicyclic amines) is 1.